The molecule has 6 heteroatoms. The third-order valence-corrected chi connectivity index (χ3v) is 5.91. The number of thiazole rings is 1. The van der Waals surface area contributed by atoms with Crippen LogP contribution >= 0.6 is 22.7 Å². The first-order chi connectivity index (χ1) is 12.1. The van der Waals surface area contributed by atoms with Crippen molar-refractivity contribution in [2.24, 2.45) is 0 Å². The number of aryl methyl sites for hydroxylation is 1. The van der Waals surface area contributed by atoms with E-state index in [2.05, 4.69) is 4.98 Å². The van der Waals surface area contributed by atoms with Gasteiger partial charge in [-0.15, -0.1) is 22.7 Å². The van der Waals surface area contributed by atoms with E-state index in [1.165, 1.54) is 11.3 Å². The zero-order chi connectivity index (χ0) is 17.8. The number of hydrogen-bond donors (Lipinski definition) is 0. The minimum atomic E-state index is 0.00620. The van der Waals surface area contributed by atoms with E-state index < -0.39 is 0 Å². The third-order valence-electron chi connectivity index (χ3n) is 3.72. The van der Waals surface area contributed by atoms with Crippen LogP contribution in [0.4, 0.5) is 0 Å². The summed E-state index contributed by atoms with van der Waals surface area (Å²) in [7, 11) is 1.82. The number of rotatable bonds is 6. The summed E-state index contributed by atoms with van der Waals surface area (Å²) in [6, 6.07) is 11.9. The Morgan fingerprint density at radius 2 is 2.00 bits per heavy atom. The molecule has 130 valence electrons. The van der Waals surface area contributed by atoms with E-state index in [0.29, 0.717) is 18.0 Å². The van der Waals surface area contributed by atoms with E-state index >= 15 is 0 Å². The Morgan fingerprint density at radius 1 is 1.24 bits per heavy atom. The second kappa shape index (κ2) is 7.80. The van der Waals surface area contributed by atoms with Gasteiger partial charge in [-0.05, 0) is 43.0 Å². The molecule has 0 saturated carbocycles. The zero-order valence-electron chi connectivity index (χ0n) is 14.5. The molecule has 3 rings (SSSR count). The highest BCUT2D eigenvalue weighted by Crippen LogP contribution is 2.31. The number of hydrogen-bond acceptors (Lipinski definition) is 5. The van der Waals surface area contributed by atoms with Gasteiger partial charge >= 0.3 is 0 Å². The molecule has 0 spiro atoms. The maximum Gasteiger partial charge on any atom is 0.265 e. The minimum Gasteiger partial charge on any atom is -0.494 e. The SMILES string of the molecule is CCOc1ccc(CN(C)C(=O)c2sc(-c3cccs3)nc2C)cc1. The van der Waals surface area contributed by atoms with Gasteiger partial charge in [-0.25, -0.2) is 4.98 Å². The van der Waals surface area contributed by atoms with E-state index in [-0.39, 0.29) is 5.91 Å². The molecule has 0 N–H and O–H groups in total. The molecule has 0 unspecified atom stereocenters. The van der Waals surface area contributed by atoms with Gasteiger partial charge in [0.1, 0.15) is 15.6 Å². The molecular formula is C19H20N2O2S2. The normalized spacial score (nSPS) is 10.7. The average Bonchev–Trinajstić information content (AvgIpc) is 3.25. The van der Waals surface area contributed by atoms with E-state index in [1.807, 2.05) is 62.7 Å². The number of benzene rings is 1. The molecule has 25 heavy (non-hydrogen) atoms. The van der Waals surface area contributed by atoms with Crippen molar-refractivity contribution >= 4 is 28.6 Å². The number of aromatic nitrogens is 1. The van der Waals surface area contributed by atoms with Gasteiger partial charge in [0.25, 0.3) is 5.91 Å². The highest BCUT2D eigenvalue weighted by molar-refractivity contribution is 7.22. The molecule has 3 aromatic rings. The topological polar surface area (TPSA) is 42.4 Å². The molecule has 0 aliphatic heterocycles. The average molecular weight is 373 g/mol. The quantitative estimate of drug-likeness (QED) is 0.621. The molecule has 0 aliphatic rings. The Labute approximate surface area is 155 Å². The van der Waals surface area contributed by atoms with Crippen molar-refractivity contribution < 1.29 is 9.53 Å². The smallest absolute Gasteiger partial charge is 0.265 e. The van der Waals surface area contributed by atoms with Crippen LogP contribution in [0.2, 0.25) is 0 Å². The first-order valence-corrected chi connectivity index (χ1v) is 9.76. The molecule has 2 heterocycles. The minimum absolute atomic E-state index is 0.00620. The van der Waals surface area contributed by atoms with Gasteiger partial charge < -0.3 is 9.64 Å². The lowest BCUT2D eigenvalue weighted by Crippen LogP contribution is -2.26. The van der Waals surface area contributed by atoms with Crippen molar-refractivity contribution in [1.82, 2.24) is 9.88 Å². The van der Waals surface area contributed by atoms with Gasteiger partial charge in [0.15, 0.2) is 0 Å². The zero-order valence-corrected chi connectivity index (χ0v) is 16.1. The fourth-order valence-electron chi connectivity index (χ4n) is 2.48. The molecule has 0 atom stereocenters. The maximum atomic E-state index is 12.8. The van der Waals surface area contributed by atoms with Crippen LogP contribution in [-0.4, -0.2) is 29.4 Å². The Morgan fingerprint density at radius 3 is 2.64 bits per heavy atom. The van der Waals surface area contributed by atoms with Crippen molar-refractivity contribution in [3.63, 3.8) is 0 Å². The summed E-state index contributed by atoms with van der Waals surface area (Å²) in [5.41, 5.74) is 1.86. The second-order valence-corrected chi connectivity index (χ2v) is 7.60. The number of carbonyl (C=O) groups is 1. The van der Waals surface area contributed by atoms with Crippen LogP contribution in [0, 0.1) is 6.92 Å². The van der Waals surface area contributed by atoms with Crippen LogP contribution in [0.5, 0.6) is 5.75 Å². The molecule has 0 fully saturated rings. The Balaban J connectivity index is 1.72. The van der Waals surface area contributed by atoms with E-state index in [4.69, 9.17) is 4.74 Å². The monoisotopic (exact) mass is 372 g/mol. The Bertz CT molecular complexity index is 839. The predicted molar refractivity (Wildman–Crippen MR) is 104 cm³/mol. The van der Waals surface area contributed by atoms with Crippen LogP contribution in [-0.2, 0) is 6.54 Å². The van der Waals surface area contributed by atoms with Crippen molar-refractivity contribution in [3.05, 3.63) is 57.9 Å². The molecule has 0 saturated heterocycles. The van der Waals surface area contributed by atoms with Crippen molar-refractivity contribution in [2.45, 2.75) is 20.4 Å². The molecule has 2 aromatic heterocycles. The molecule has 1 amide bonds. The number of ether oxygens (including phenoxy) is 1. The van der Waals surface area contributed by atoms with Crippen molar-refractivity contribution in [1.29, 1.82) is 0 Å². The summed E-state index contributed by atoms with van der Waals surface area (Å²) < 4.78 is 5.45. The summed E-state index contributed by atoms with van der Waals surface area (Å²) in [5, 5.41) is 2.93. The van der Waals surface area contributed by atoms with Gasteiger partial charge in [0.2, 0.25) is 0 Å². The van der Waals surface area contributed by atoms with Gasteiger partial charge in [0, 0.05) is 13.6 Å². The van der Waals surface area contributed by atoms with Crippen LogP contribution in [0.3, 0.4) is 0 Å². The summed E-state index contributed by atoms with van der Waals surface area (Å²) in [6.45, 7) is 5.06. The van der Waals surface area contributed by atoms with Gasteiger partial charge in [-0.1, -0.05) is 18.2 Å². The molecular weight excluding hydrogens is 352 g/mol. The highest BCUT2D eigenvalue weighted by Gasteiger charge is 2.20. The van der Waals surface area contributed by atoms with Crippen LogP contribution in [0.1, 0.15) is 27.9 Å². The first-order valence-electron chi connectivity index (χ1n) is 8.07. The summed E-state index contributed by atoms with van der Waals surface area (Å²) in [4.78, 5) is 20.9. The molecule has 0 radical (unpaired) electrons. The fraction of sp³-hybridized carbons (Fsp3) is 0.263. The highest BCUT2D eigenvalue weighted by atomic mass is 32.1. The van der Waals surface area contributed by atoms with E-state index in [9.17, 15) is 4.79 Å². The van der Waals surface area contributed by atoms with E-state index in [0.717, 1.165) is 26.9 Å². The number of thiophene rings is 1. The first kappa shape index (κ1) is 17.6. The molecule has 1 aromatic carbocycles. The van der Waals surface area contributed by atoms with Crippen LogP contribution < -0.4 is 4.74 Å². The van der Waals surface area contributed by atoms with Gasteiger partial charge in [-0.2, -0.15) is 0 Å². The number of nitrogens with zero attached hydrogens (tertiary/aromatic N) is 2. The fourth-order valence-corrected chi connectivity index (χ4v) is 4.33. The number of carbonyl (C=O) groups excluding carboxylic acids is 1. The lowest BCUT2D eigenvalue weighted by molar-refractivity contribution is 0.0789. The lowest BCUT2D eigenvalue weighted by Gasteiger charge is -2.17. The van der Waals surface area contributed by atoms with Crippen molar-refractivity contribution in [3.8, 4) is 15.6 Å². The largest absolute Gasteiger partial charge is 0.494 e. The second-order valence-electron chi connectivity index (χ2n) is 5.65. The summed E-state index contributed by atoms with van der Waals surface area (Å²) >= 11 is 3.10. The third kappa shape index (κ3) is 4.08. The van der Waals surface area contributed by atoms with Crippen molar-refractivity contribution in [2.75, 3.05) is 13.7 Å². The Kier molecular flexibility index (Phi) is 5.50. The predicted octanol–water partition coefficient (Wildman–Crippen LogP) is 4.85. The molecule has 0 aliphatic carbocycles. The molecule has 0 bridgehead atoms. The number of amides is 1. The van der Waals surface area contributed by atoms with Crippen LogP contribution in [0.15, 0.2) is 41.8 Å². The standard InChI is InChI=1S/C19H20N2O2S2/c1-4-23-15-9-7-14(8-10-15)12-21(3)19(22)17-13(2)20-18(25-17)16-6-5-11-24-16/h5-11H,4,12H2,1-3H3. The van der Waals surface area contributed by atoms with Crippen LogP contribution in [0.25, 0.3) is 9.88 Å². The summed E-state index contributed by atoms with van der Waals surface area (Å²) in [5.74, 6) is 0.853. The van der Waals surface area contributed by atoms with Gasteiger partial charge in [0.05, 0.1) is 17.2 Å². The maximum absolute atomic E-state index is 12.8. The Hall–Kier alpha value is -2.18. The van der Waals surface area contributed by atoms with E-state index in [1.54, 1.807) is 16.2 Å². The molecule has 4 nitrogen and oxygen atoms in total. The van der Waals surface area contributed by atoms with Gasteiger partial charge in [-0.3, -0.25) is 4.79 Å². The summed E-state index contributed by atoms with van der Waals surface area (Å²) in [6.07, 6.45) is 0. The lowest BCUT2D eigenvalue weighted by atomic mass is 10.2.